The quantitative estimate of drug-likeness (QED) is 0.690. The Bertz CT molecular complexity index is 371. The second-order valence-electron chi connectivity index (χ2n) is 3.48. The van der Waals surface area contributed by atoms with E-state index in [2.05, 4.69) is 5.16 Å². The molecule has 15 heavy (non-hydrogen) atoms. The minimum absolute atomic E-state index is 0.0880. The van der Waals surface area contributed by atoms with Gasteiger partial charge in [-0.05, 0) is 13.8 Å². The van der Waals surface area contributed by atoms with Crippen LogP contribution in [-0.4, -0.2) is 23.8 Å². The van der Waals surface area contributed by atoms with Gasteiger partial charge in [0, 0.05) is 12.0 Å². The maximum atomic E-state index is 11.5. The molecule has 0 saturated carbocycles. The predicted octanol–water partition coefficient (Wildman–Crippen LogP) is 1.31. The molecule has 0 aromatic carbocycles. The lowest BCUT2D eigenvalue weighted by Crippen LogP contribution is -2.20. The Kier molecular flexibility index (Phi) is 2.73. The fraction of sp³-hybridized carbons (Fsp3) is 0.600. The predicted molar refractivity (Wildman–Crippen MR) is 50.4 cm³/mol. The zero-order chi connectivity index (χ0) is 10.8. The van der Waals surface area contributed by atoms with Crippen molar-refractivity contribution in [2.75, 3.05) is 6.61 Å². The average Bonchev–Trinajstić information content (AvgIpc) is 2.60. The summed E-state index contributed by atoms with van der Waals surface area (Å²) in [5.41, 5.74) is 1.12. The van der Waals surface area contributed by atoms with E-state index in [1.54, 1.807) is 6.92 Å². The first-order valence-corrected chi connectivity index (χ1v) is 4.98. The third-order valence-corrected chi connectivity index (χ3v) is 2.33. The van der Waals surface area contributed by atoms with Crippen LogP contribution in [0.1, 0.15) is 35.7 Å². The lowest BCUT2D eigenvalue weighted by molar-refractivity contribution is 0.0264. The molecule has 0 saturated heterocycles. The van der Waals surface area contributed by atoms with Gasteiger partial charge in [-0.15, -0.1) is 0 Å². The molecule has 0 amide bonds. The van der Waals surface area contributed by atoms with Crippen molar-refractivity contribution in [3.05, 3.63) is 17.0 Å². The molecule has 0 N–H and O–H groups in total. The fourth-order valence-corrected chi connectivity index (χ4v) is 1.59. The number of hydrogen-bond acceptors (Lipinski definition) is 5. The third-order valence-electron chi connectivity index (χ3n) is 2.33. The lowest BCUT2D eigenvalue weighted by atomic mass is 10.0. The van der Waals surface area contributed by atoms with Crippen LogP contribution < -0.4 is 0 Å². The highest BCUT2D eigenvalue weighted by Gasteiger charge is 2.27. The number of carbonyl (C=O) groups is 1. The summed E-state index contributed by atoms with van der Waals surface area (Å²) in [6.45, 7) is 4.43. The highest BCUT2D eigenvalue weighted by molar-refractivity contribution is 5.89. The number of fused-ring (bicyclic) bond motifs is 1. The molecule has 1 aromatic rings. The normalized spacial score (nSPS) is 19.7. The summed E-state index contributed by atoms with van der Waals surface area (Å²) in [5, 5.41) is 3.72. The van der Waals surface area contributed by atoms with E-state index >= 15 is 0 Å². The zero-order valence-corrected chi connectivity index (χ0v) is 8.78. The maximum Gasteiger partial charge on any atom is 0.360 e. The molecule has 1 aliphatic heterocycles. The first kappa shape index (κ1) is 10.2. The zero-order valence-electron chi connectivity index (χ0n) is 8.78. The van der Waals surface area contributed by atoms with E-state index in [-0.39, 0.29) is 6.10 Å². The Balaban J connectivity index is 2.26. The van der Waals surface area contributed by atoms with Crippen LogP contribution >= 0.6 is 0 Å². The van der Waals surface area contributed by atoms with Crippen LogP contribution in [0.15, 0.2) is 4.52 Å². The SMILES string of the molecule is CCOC(=O)c1noc2c1CC(C)OC2. The molecule has 2 heterocycles. The van der Waals surface area contributed by atoms with Gasteiger partial charge in [0.05, 0.1) is 12.7 Å². The summed E-state index contributed by atoms with van der Waals surface area (Å²) < 4.78 is 15.3. The van der Waals surface area contributed by atoms with Crippen LogP contribution in [0.25, 0.3) is 0 Å². The molecular weight excluding hydrogens is 198 g/mol. The molecule has 5 nitrogen and oxygen atoms in total. The van der Waals surface area contributed by atoms with E-state index in [0.29, 0.717) is 31.1 Å². The molecule has 0 bridgehead atoms. The van der Waals surface area contributed by atoms with Crippen LogP contribution in [0, 0.1) is 0 Å². The third kappa shape index (κ3) is 1.87. The smallest absolute Gasteiger partial charge is 0.360 e. The number of rotatable bonds is 2. The van der Waals surface area contributed by atoms with Crippen molar-refractivity contribution in [2.24, 2.45) is 0 Å². The summed E-state index contributed by atoms with van der Waals surface area (Å²) >= 11 is 0. The minimum atomic E-state index is -0.420. The number of ether oxygens (including phenoxy) is 2. The van der Waals surface area contributed by atoms with Crippen LogP contribution in [0.2, 0.25) is 0 Å². The van der Waals surface area contributed by atoms with E-state index in [9.17, 15) is 4.79 Å². The molecule has 0 fully saturated rings. The first-order chi connectivity index (χ1) is 7.22. The Morgan fingerprint density at radius 1 is 1.67 bits per heavy atom. The summed E-state index contributed by atoms with van der Waals surface area (Å²) in [5.74, 6) is 0.216. The van der Waals surface area contributed by atoms with Gasteiger partial charge in [-0.25, -0.2) is 4.79 Å². The monoisotopic (exact) mass is 211 g/mol. The van der Waals surface area contributed by atoms with E-state index in [0.717, 1.165) is 5.56 Å². The Morgan fingerprint density at radius 2 is 2.47 bits per heavy atom. The Hall–Kier alpha value is -1.36. The molecule has 1 aromatic heterocycles. The van der Waals surface area contributed by atoms with E-state index in [1.807, 2.05) is 6.92 Å². The number of aromatic nitrogens is 1. The van der Waals surface area contributed by atoms with Gasteiger partial charge < -0.3 is 14.0 Å². The number of esters is 1. The summed E-state index contributed by atoms with van der Waals surface area (Å²) in [7, 11) is 0. The van der Waals surface area contributed by atoms with Gasteiger partial charge in [-0.2, -0.15) is 0 Å². The van der Waals surface area contributed by atoms with Gasteiger partial charge in [0.1, 0.15) is 6.61 Å². The molecule has 1 atom stereocenters. The average molecular weight is 211 g/mol. The van der Waals surface area contributed by atoms with Gasteiger partial charge in [-0.1, -0.05) is 5.16 Å². The van der Waals surface area contributed by atoms with Crippen molar-refractivity contribution in [2.45, 2.75) is 33.0 Å². The second kappa shape index (κ2) is 4.02. The molecule has 0 radical (unpaired) electrons. The molecular formula is C10H13NO4. The fourth-order valence-electron chi connectivity index (χ4n) is 1.59. The van der Waals surface area contributed by atoms with Gasteiger partial charge in [-0.3, -0.25) is 0 Å². The first-order valence-electron chi connectivity index (χ1n) is 4.98. The van der Waals surface area contributed by atoms with E-state index < -0.39 is 5.97 Å². The molecule has 0 aliphatic carbocycles. The molecule has 2 rings (SSSR count). The van der Waals surface area contributed by atoms with Crippen molar-refractivity contribution < 1.29 is 18.8 Å². The second-order valence-corrected chi connectivity index (χ2v) is 3.48. The van der Waals surface area contributed by atoms with Gasteiger partial charge in [0.15, 0.2) is 11.5 Å². The number of nitrogens with zero attached hydrogens (tertiary/aromatic N) is 1. The lowest BCUT2D eigenvalue weighted by Gasteiger charge is -2.17. The topological polar surface area (TPSA) is 61.6 Å². The highest BCUT2D eigenvalue weighted by Crippen LogP contribution is 2.24. The summed E-state index contributed by atoms with van der Waals surface area (Å²) in [6.07, 6.45) is 0.734. The van der Waals surface area contributed by atoms with Crippen LogP contribution in [0.4, 0.5) is 0 Å². The Labute approximate surface area is 87.3 Å². The van der Waals surface area contributed by atoms with E-state index in [1.165, 1.54) is 0 Å². The summed E-state index contributed by atoms with van der Waals surface area (Å²) in [4.78, 5) is 11.5. The Morgan fingerprint density at radius 3 is 3.20 bits per heavy atom. The van der Waals surface area contributed by atoms with Crippen molar-refractivity contribution >= 4 is 5.97 Å². The van der Waals surface area contributed by atoms with Gasteiger partial charge >= 0.3 is 5.97 Å². The van der Waals surface area contributed by atoms with Crippen molar-refractivity contribution in [1.29, 1.82) is 0 Å². The minimum Gasteiger partial charge on any atom is -0.461 e. The maximum absolute atomic E-state index is 11.5. The number of carbonyl (C=O) groups excluding carboxylic acids is 1. The van der Waals surface area contributed by atoms with Gasteiger partial charge in [0.25, 0.3) is 0 Å². The van der Waals surface area contributed by atoms with E-state index in [4.69, 9.17) is 14.0 Å². The molecule has 0 spiro atoms. The van der Waals surface area contributed by atoms with Crippen molar-refractivity contribution in [3.8, 4) is 0 Å². The summed E-state index contributed by atoms with van der Waals surface area (Å²) in [6, 6.07) is 0. The molecule has 82 valence electrons. The number of hydrogen-bond donors (Lipinski definition) is 0. The molecule has 1 aliphatic rings. The molecule has 1 unspecified atom stereocenters. The van der Waals surface area contributed by atoms with Gasteiger partial charge in [0.2, 0.25) is 0 Å². The largest absolute Gasteiger partial charge is 0.461 e. The van der Waals surface area contributed by atoms with Crippen LogP contribution in [-0.2, 0) is 22.5 Å². The standard InChI is InChI=1S/C10H13NO4/c1-3-13-10(12)9-7-4-6(2)14-5-8(7)15-11-9/h6H,3-5H2,1-2H3. The van der Waals surface area contributed by atoms with Crippen molar-refractivity contribution in [3.63, 3.8) is 0 Å². The van der Waals surface area contributed by atoms with Crippen molar-refractivity contribution in [1.82, 2.24) is 5.16 Å². The van der Waals surface area contributed by atoms with Crippen LogP contribution in [0.5, 0.6) is 0 Å². The highest BCUT2D eigenvalue weighted by atomic mass is 16.5. The molecule has 5 heteroatoms. The van der Waals surface area contributed by atoms with Crippen LogP contribution in [0.3, 0.4) is 0 Å².